The average Bonchev–Trinajstić information content (AvgIpc) is 3.24. The molecule has 1 unspecified atom stereocenters. The van der Waals surface area contributed by atoms with Crippen LogP contribution in [0.5, 0.6) is 0 Å². The van der Waals surface area contributed by atoms with Crippen LogP contribution in [-0.2, 0) is 4.79 Å². The Bertz CT molecular complexity index is 804. The molecule has 0 bridgehead atoms. The highest BCUT2D eigenvalue weighted by molar-refractivity contribution is 8.00. The maximum atomic E-state index is 12.5. The summed E-state index contributed by atoms with van der Waals surface area (Å²) >= 11 is 1.35. The van der Waals surface area contributed by atoms with Gasteiger partial charge in [0.25, 0.3) is 0 Å². The molecule has 2 fully saturated rings. The molecular weight excluding hydrogens is 340 g/mol. The minimum atomic E-state index is -0.410. The van der Waals surface area contributed by atoms with E-state index in [1.807, 2.05) is 12.1 Å². The lowest BCUT2D eigenvalue weighted by atomic mass is 10.3. The van der Waals surface area contributed by atoms with Crippen molar-refractivity contribution >= 4 is 23.7 Å². The smallest absolute Gasteiger partial charge is 0.324 e. The molecule has 2 aromatic heterocycles. The van der Waals surface area contributed by atoms with Gasteiger partial charge in [0.1, 0.15) is 0 Å². The molecule has 1 saturated carbocycles. The highest BCUT2D eigenvalue weighted by Crippen LogP contribution is 2.41. The number of rotatable bonds is 5. The van der Waals surface area contributed by atoms with Crippen LogP contribution in [0.25, 0.3) is 11.4 Å². The van der Waals surface area contributed by atoms with Gasteiger partial charge in [-0.3, -0.25) is 19.2 Å². The number of carbonyl (C=O) groups excluding carboxylic acids is 2. The number of hydrogen-bond donors (Lipinski definition) is 1. The summed E-state index contributed by atoms with van der Waals surface area (Å²) in [5, 5.41) is 11.6. The van der Waals surface area contributed by atoms with Crippen molar-refractivity contribution in [1.82, 2.24) is 30.0 Å². The van der Waals surface area contributed by atoms with Gasteiger partial charge in [-0.2, -0.15) is 0 Å². The number of nitrogens with one attached hydrogen (secondary N) is 1. The van der Waals surface area contributed by atoms with Crippen LogP contribution in [0.1, 0.15) is 25.8 Å². The van der Waals surface area contributed by atoms with Gasteiger partial charge in [-0.15, -0.1) is 10.2 Å². The predicted molar refractivity (Wildman–Crippen MR) is 92.0 cm³/mol. The van der Waals surface area contributed by atoms with Crippen molar-refractivity contribution in [2.75, 3.05) is 13.1 Å². The van der Waals surface area contributed by atoms with Gasteiger partial charge in [-0.05, 0) is 31.9 Å². The summed E-state index contributed by atoms with van der Waals surface area (Å²) in [7, 11) is 0. The van der Waals surface area contributed by atoms with Crippen LogP contribution in [0.2, 0.25) is 0 Å². The Morgan fingerprint density at radius 2 is 2.24 bits per heavy atom. The Morgan fingerprint density at radius 1 is 1.40 bits per heavy atom. The molecule has 1 aliphatic heterocycles. The van der Waals surface area contributed by atoms with Crippen molar-refractivity contribution < 1.29 is 9.59 Å². The second-order valence-corrected chi connectivity index (χ2v) is 7.44. The Labute approximate surface area is 149 Å². The van der Waals surface area contributed by atoms with Crippen molar-refractivity contribution in [2.24, 2.45) is 0 Å². The Morgan fingerprint density at radius 3 is 2.88 bits per heavy atom. The van der Waals surface area contributed by atoms with E-state index in [-0.39, 0.29) is 11.9 Å². The fraction of sp³-hybridized carbons (Fsp3) is 0.438. The van der Waals surface area contributed by atoms with E-state index in [0.29, 0.717) is 24.3 Å². The molecule has 1 aliphatic carbocycles. The molecule has 1 atom stereocenters. The standard InChI is InChI=1S/C16H18N6O2S/c1-10(14(23)21-8-7-18-15(21)24)25-16-20-19-13(22(16)12-4-5-12)11-3-2-6-17-9-11/h2-3,6,9-10,12H,4-5,7-8H2,1H3,(H,18,24). The van der Waals surface area contributed by atoms with Crippen molar-refractivity contribution in [2.45, 2.75) is 36.2 Å². The van der Waals surface area contributed by atoms with Crippen LogP contribution in [0.15, 0.2) is 29.7 Å². The van der Waals surface area contributed by atoms with Gasteiger partial charge in [-0.1, -0.05) is 11.8 Å². The minimum absolute atomic E-state index is 0.201. The fourth-order valence-electron chi connectivity index (χ4n) is 2.82. The molecule has 0 radical (unpaired) electrons. The quantitative estimate of drug-likeness (QED) is 0.818. The molecule has 1 N–H and O–H groups in total. The summed E-state index contributed by atoms with van der Waals surface area (Å²) in [5.74, 6) is 0.574. The number of hydrogen-bond acceptors (Lipinski definition) is 6. The van der Waals surface area contributed by atoms with Gasteiger partial charge >= 0.3 is 6.03 Å². The normalized spacial score (nSPS) is 18.3. The third-order valence-electron chi connectivity index (χ3n) is 4.25. The third kappa shape index (κ3) is 3.11. The van der Waals surface area contributed by atoms with Gasteiger partial charge in [0.05, 0.1) is 5.25 Å². The zero-order chi connectivity index (χ0) is 17.4. The van der Waals surface area contributed by atoms with Crippen LogP contribution in [0.4, 0.5) is 4.79 Å². The molecule has 25 heavy (non-hydrogen) atoms. The summed E-state index contributed by atoms with van der Waals surface area (Å²) in [5.41, 5.74) is 0.909. The number of imide groups is 1. The van der Waals surface area contributed by atoms with Gasteiger partial charge in [-0.25, -0.2) is 4.79 Å². The summed E-state index contributed by atoms with van der Waals surface area (Å²) in [6.45, 7) is 2.72. The van der Waals surface area contributed by atoms with Crippen LogP contribution >= 0.6 is 11.8 Å². The number of aromatic nitrogens is 4. The molecule has 9 heteroatoms. The average molecular weight is 358 g/mol. The maximum Gasteiger partial charge on any atom is 0.324 e. The van der Waals surface area contributed by atoms with E-state index in [1.54, 1.807) is 19.3 Å². The zero-order valence-electron chi connectivity index (χ0n) is 13.8. The second-order valence-electron chi connectivity index (χ2n) is 6.13. The van der Waals surface area contributed by atoms with E-state index in [4.69, 9.17) is 0 Å². The molecule has 2 aromatic rings. The molecule has 0 spiro atoms. The first kappa shape index (κ1) is 16.1. The first-order valence-electron chi connectivity index (χ1n) is 8.26. The molecule has 3 heterocycles. The fourth-order valence-corrected chi connectivity index (χ4v) is 3.80. The van der Waals surface area contributed by atoms with Gasteiger partial charge < -0.3 is 5.32 Å². The van der Waals surface area contributed by atoms with E-state index >= 15 is 0 Å². The summed E-state index contributed by atoms with van der Waals surface area (Å²) in [4.78, 5) is 29.6. The first-order valence-corrected chi connectivity index (χ1v) is 9.14. The highest BCUT2D eigenvalue weighted by atomic mass is 32.2. The van der Waals surface area contributed by atoms with E-state index in [2.05, 4.69) is 25.1 Å². The third-order valence-corrected chi connectivity index (χ3v) is 5.29. The van der Waals surface area contributed by atoms with Gasteiger partial charge in [0.15, 0.2) is 11.0 Å². The molecule has 2 aliphatic rings. The predicted octanol–water partition coefficient (Wildman–Crippen LogP) is 1.71. The van der Waals surface area contributed by atoms with E-state index in [0.717, 1.165) is 24.2 Å². The van der Waals surface area contributed by atoms with Crippen LogP contribution in [0.3, 0.4) is 0 Å². The van der Waals surface area contributed by atoms with Crippen molar-refractivity contribution in [1.29, 1.82) is 0 Å². The number of carbonyl (C=O) groups is 2. The van der Waals surface area contributed by atoms with Crippen LogP contribution in [0, 0.1) is 0 Å². The van der Waals surface area contributed by atoms with Gasteiger partial charge in [0, 0.05) is 37.1 Å². The number of urea groups is 1. The number of amides is 3. The molecule has 3 amide bonds. The summed E-state index contributed by atoms with van der Waals surface area (Å²) in [6, 6.07) is 3.86. The minimum Gasteiger partial charge on any atom is -0.336 e. The SMILES string of the molecule is CC(Sc1nnc(-c2cccnc2)n1C1CC1)C(=O)N1CCNC1=O. The lowest BCUT2D eigenvalue weighted by Crippen LogP contribution is -2.39. The Hall–Kier alpha value is -2.42. The van der Waals surface area contributed by atoms with Crippen LogP contribution in [-0.4, -0.2) is 54.9 Å². The highest BCUT2D eigenvalue weighted by Gasteiger charge is 2.34. The monoisotopic (exact) mass is 358 g/mol. The molecule has 0 aromatic carbocycles. The lowest BCUT2D eigenvalue weighted by Gasteiger charge is -2.17. The largest absolute Gasteiger partial charge is 0.336 e. The topological polar surface area (TPSA) is 93.0 Å². The molecule has 130 valence electrons. The zero-order valence-corrected chi connectivity index (χ0v) is 14.6. The van der Waals surface area contributed by atoms with E-state index in [9.17, 15) is 9.59 Å². The molecule has 8 nitrogen and oxygen atoms in total. The Kier molecular flexibility index (Phi) is 4.16. The van der Waals surface area contributed by atoms with Crippen LogP contribution < -0.4 is 5.32 Å². The molecular formula is C16H18N6O2S. The number of nitrogens with zero attached hydrogens (tertiary/aromatic N) is 5. The summed E-state index contributed by atoms with van der Waals surface area (Å²) < 4.78 is 2.09. The number of thioether (sulfide) groups is 1. The summed E-state index contributed by atoms with van der Waals surface area (Å²) in [6.07, 6.45) is 5.64. The second kappa shape index (κ2) is 6.47. The van der Waals surface area contributed by atoms with Crippen molar-refractivity contribution in [3.63, 3.8) is 0 Å². The van der Waals surface area contributed by atoms with Crippen molar-refractivity contribution in [3.05, 3.63) is 24.5 Å². The Balaban J connectivity index is 1.57. The van der Waals surface area contributed by atoms with Gasteiger partial charge in [0.2, 0.25) is 5.91 Å². The first-order chi connectivity index (χ1) is 12.1. The van der Waals surface area contributed by atoms with E-state index in [1.165, 1.54) is 16.7 Å². The van der Waals surface area contributed by atoms with Crippen molar-refractivity contribution in [3.8, 4) is 11.4 Å². The molecule has 1 saturated heterocycles. The lowest BCUT2D eigenvalue weighted by molar-refractivity contribution is -0.126. The van der Waals surface area contributed by atoms with E-state index < -0.39 is 5.25 Å². The maximum absolute atomic E-state index is 12.5. The molecule has 4 rings (SSSR count). The number of pyridine rings is 1.